The molecular formula is C13H19BrN2O. The van der Waals surface area contributed by atoms with Crippen LogP contribution < -0.4 is 11.1 Å². The van der Waals surface area contributed by atoms with Crippen LogP contribution in [0.2, 0.25) is 0 Å². The SMILES string of the molecule is Cc1cc(CNCCCCC(N)=O)ccc1Br. The molecule has 0 fully saturated rings. The molecule has 1 amide bonds. The number of primary amides is 1. The fourth-order valence-electron chi connectivity index (χ4n) is 1.60. The summed E-state index contributed by atoms with van der Waals surface area (Å²) in [6, 6.07) is 6.34. The number of benzene rings is 1. The fraction of sp³-hybridized carbons (Fsp3) is 0.462. The van der Waals surface area contributed by atoms with Crippen LogP contribution >= 0.6 is 15.9 Å². The molecular weight excluding hydrogens is 280 g/mol. The van der Waals surface area contributed by atoms with Crippen molar-refractivity contribution in [3.63, 3.8) is 0 Å². The number of nitrogens with two attached hydrogens (primary N) is 1. The first-order valence-corrected chi connectivity index (χ1v) is 6.63. The average molecular weight is 299 g/mol. The summed E-state index contributed by atoms with van der Waals surface area (Å²) < 4.78 is 1.14. The normalized spacial score (nSPS) is 10.5. The fourth-order valence-corrected chi connectivity index (χ4v) is 1.85. The van der Waals surface area contributed by atoms with Crippen LogP contribution in [0, 0.1) is 6.92 Å². The highest BCUT2D eigenvalue weighted by Gasteiger charge is 1.98. The maximum absolute atomic E-state index is 10.5. The molecule has 0 aliphatic rings. The Bertz CT molecular complexity index is 380. The van der Waals surface area contributed by atoms with Gasteiger partial charge in [0.25, 0.3) is 0 Å². The van der Waals surface area contributed by atoms with Gasteiger partial charge in [-0.15, -0.1) is 0 Å². The lowest BCUT2D eigenvalue weighted by atomic mass is 10.1. The second-order valence-electron chi connectivity index (χ2n) is 4.18. The zero-order valence-electron chi connectivity index (χ0n) is 10.1. The smallest absolute Gasteiger partial charge is 0.217 e. The second kappa shape index (κ2) is 7.45. The average Bonchev–Trinajstić information content (AvgIpc) is 2.27. The minimum Gasteiger partial charge on any atom is -0.370 e. The van der Waals surface area contributed by atoms with Gasteiger partial charge in [-0.25, -0.2) is 0 Å². The molecule has 0 aliphatic heterocycles. The first kappa shape index (κ1) is 14.2. The van der Waals surface area contributed by atoms with Crippen LogP contribution in [0.3, 0.4) is 0 Å². The topological polar surface area (TPSA) is 55.1 Å². The van der Waals surface area contributed by atoms with Gasteiger partial charge in [0.15, 0.2) is 0 Å². The van der Waals surface area contributed by atoms with E-state index < -0.39 is 0 Å². The molecule has 1 rings (SSSR count). The van der Waals surface area contributed by atoms with Crippen LogP contribution in [0.4, 0.5) is 0 Å². The van der Waals surface area contributed by atoms with Crippen LogP contribution in [0.25, 0.3) is 0 Å². The van der Waals surface area contributed by atoms with Gasteiger partial charge in [0.1, 0.15) is 0 Å². The molecule has 0 atom stereocenters. The molecule has 0 aliphatic carbocycles. The number of hydrogen-bond donors (Lipinski definition) is 2. The zero-order chi connectivity index (χ0) is 12.7. The monoisotopic (exact) mass is 298 g/mol. The van der Waals surface area contributed by atoms with Gasteiger partial charge in [-0.2, -0.15) is 0 Å². The van der Waals surface area contributed by atoms with E-state index in [4.69, 9.17) is 5.73 Å². The Morgan fingerprint density at radius 2 is 2.18 bits per heavy atom. The summed E-state index contributed by atoms with van der Waals surface area (Å²) >= 11 is 3.48. The molecule has 1 aromatic carbocycles. The van der Waals surface area contributed by atoms with E-state index in [9.17, 15) is 4.79 Å². The maximum Gasteiger partial charge on any atom is 0.217 e. The third kappa shape index (κ3) is 5.84. The first-order valence-electron chi connectivity index (χ1n) is 5.83. The highest BCUT2D eigenvalue weighted by Crippen LogP contribution is 2.16. The van der Waals surface area contributed by atoms with E-state index in [1.54, 1.807) is 0 Å². The zero-order valence-corrected chi connectivity index (χ0v) is 11.7. The van der Waals surface area contributed by atoms with Crippen molar-refractivity contribution in [2.75, 3.05) is 6.54 Å². The van der Waals surface area contributed by atoms with Crippen molar-refractivity contribution in [3.8, 4) is 0 Å². The first-order chi connectivity index (χ1) is 8.09. The Labute approximate surface area is 111 Å². The van der Waals surface area contributed by atoms with Crippen LogP contribution in [0.15, 0.2) is 22.7 Å². The Hall–Kier alpha value is -0.870. The Balaban J connectivity index is 2.18. The Kier molecular flexibility index (Phi) is 6.22. The van der Waals surface area contributed by atoms with E-state index in [1.807, 2.05) is 0 Å². The van der Waals surface area contributed by atoms with Crippen molar-refractivity contribution in [3.05, 3.63) is 33.8 Å². The molecule has 0 radical (unpaired) electrons. The molecule has 0 unspecified atom stereocenters. The number of amides is 1. The number of halogens is 1. The lowest BCUT2D eigenvalue weighted by Gasteiger charge is -2.06. The van der Waals surface area contributed by atoms with Gasteiger partial charge >= 0.3 is 0 Å². The molecule has 1 aromatic rings. The van der Waals surface area contributed by atoms with Gasteiger partial charge in [-0.1, -0.05) is 28.1 Å². The molecule has 17 heavy (non-hydrogen) atoms. The van der Waals surface area contributed by atoms with Crippen molar-refractivity contribution < 1.29 is 4.79 Å². The molecule has 0 saturated carbocycles. The summed E-state index contributed by atoms with van der Waals surface area (Å²) in [4.78, 5) is 10.5. The lowest BCUT2D eigenvalue weighted by molar-refractivity contribution is -0.118. The van der Waals surface area contributed by atoms with Gasteiger partial charge in [0.2, 0.25) is 5.91 Å². The van der Waals surface area contributed by atoms with Crippen LogP contribution in [-0.2, 0) is 11.3 Å². The van der Waals surface area contributed by atoms with Crippen LogP contribution in [0.1, 0.15) is 30.4 Å². The summed E-state index contributed by atoms with van der Waals surface area (Å²) in [7, 11) is 0. The van der Waals surface area contributed by atoms with E-state index in [-0.39, 0.29) is 5.91 Å². The lowest BCUT2D eigenvalue weighted by Crippen LogP contribution is -2.16. The quantitative estimate of drug-likeness (QED) is 0.760. The maximum atomic E-state index is 10.5. The summed E-state index contributed by atoms with van der Waals surface area (Å²) in [6.45, 7) is 3.87. The summed E-state index contributed by atoms with van der Waals surface area (Å²) in [5.74, 6) is -0.214. The van der Waals surface area contributed by atoms with Gasteiger partial charge in [-0.3, -0.25) is 4.79 Å². The van der Waals surface area contributed by atoms with E-state index in [1.165, 1.54) is 11.1 Å². The molecule has 0 aromatic heterocycles. The number of carbonyl (C=O) groups excluding carboxylic acids is 1. The minimum atomic E-state index is -0.214. The number of aryl methyl sites for hydroxylation is 1. The van der Waals surface area contributed by atoms with Crippen LogP contribution in [-0.4, -0.2) is 12.5 Å². The van der Waals surface area contributed by atoms with E-state index in [2.05, 4.69) is 46.4 Å². The number of carbonyl (C=O) groups is 1. The minimum absolute atomic E-state index is 0.214. The van der Waals surface area contributed by atoms with Crippen molar-refractivity contribution in [1.82, 2.24) is 5.32 Å². The highest BCUT2D eigenvalue weighted by atomic mass is 79.9. The molecule has 4 heteroatoms. The third-order valence-corrected chi connectivity index (χ3v) is 3.47. The van der Waals surface area contributed by atoms with Gasteiger partial charge in [0, 0.05) is 17.4 Å². The van der Waals surface area contributed by atoms with Crippen molar-refractivity contribution in [2.45, 2.75) is 32.7 Å². The summed E-state index contributed by atoms with van der Waals surface area (Å²) in [5, 5.41) is 3.35. The Morgan fingerprint density at radius 3 is 2.82 bits per heavy atom. The Morgan fingerprint density at radius 1 is 1.41 bits per heavy atom. The molecule has 0 bridgehead atoms. The number of unbranched alkanes of at least 4 members (excludes halogenated alkanes) is 1. The van der Waals surface area contributed by atoms with Crippen molar-refractivity contribution in [1.29, 1.82) is 0 Å². The molecule has 0 saturated heterocycles. The third-order valence-electron chi connectivity index (χ3n) is 2.58. The summed E-state index contributed by atoms with van der Waals surface area (Å²) in [5.41, 5.74) is 7.59. The standard InChI is InChI=1S/C13H19BrN2O/c1-10-8-11(5-6-12(10)14)9-16-7-3-2-4-13(15)17/h5-6,8,16H,2-4,7,9H2,1H3,(H2,15,17). The number of hydrogen-bond acceptors (Lipinski definition) is 2. The largest absolute Gasteiger partial charge is 0.370 e. The predicted octanol–water partition coefficient (Wildman–Crippen LogP) is 2.50. The van der Waals surface area contributed by atoms with Gasteiger partial charge in [0.05, 0.1) is 0 Å². The predicted molar refractivity (Wildman–Crippen MR) is 73.6 cm³/mol. The molecule has 0 spiro atoms. The van der Waals surface area contributed by atoms with Crippen molar-refractivity contribution >= 4 is 21.8 Å². The second-order valence-corrected chi connectivity index (χ2v) is 5.04. The molecule has 0 heterocycles. The highest BCUT2D eigenvalue weighted by molar-refractivity contribution is 9.10. The number of rotatable bonds is 7. The van der Waals surface area contributed by atoms with Gasteiger partial charge in [-0.05, 0) is 43.5 Å². The number of nitrogens with one attached hydrogen (secondary N) is 1. The van der Waals surface area contributed by atoms with E-state index in [0.717, 1.165) is 30.4 Å². The van der Waals surface area contributed by atoms with Crippen molar-refractivity contribution in [2.24, 2.45) is 5.73 Å². The summed E-state index contributed by atoms with van der Waals surface area (Å²) in [6.07, 6.45) is 2.33. The van der Waals surface area contributed by atoms with E-state index in [0.29, 0.717) is 6.42 Å². The van der Waals surface area contributed by atoms with Crippen LogP contribution in [0.5, 0.6) is 0 Å². The van der Waals surface area contributed by atoms with Gasteiger partial charge < -0.3 is 11.1 Å². The molecule has 3 nitrogen and oxygen atoms in total. The molecule has 94 valence electrons. The molecule has 3 N–H and O–H groups in total. The van der Waals surface area contributed by atoms with E-state index >= 15 is 0 Å².